The summed E-state index contributed by atoms with van der Waals surface area (Å²) in [7, 11) is 0. The van der Waals surface area contributed by atoms with E-state index in [9.17, 15) is 13.2 Å². The van der Waals surface area contributed by atoms with Crippen molar-refractivity contribution in [2.45, 2.75) is 13.1 Å². The number of hydrogen-bond acceptors (Lipinski definition) is 2. The van der Waals surface area contributed by atoms with E-state index in [0.29, 0.717) is 17.1 Å². The average Bonchev–Trinajstić information content (AvgIpc) is 3.19. The largest absolute Gasteiger partial charge is 0.454 e. The normalized spacial score (nSPS) is 13.3. The van der Waals surface area contributed by atoms with E-state index < -0.39 is 11.7 Å². The van der Waals surface area contributed by atoms with Gasteiger partial charge in [-0.15, -0.1) is 0 Å². The van der Waals surface area contributed by atoms with Crippen LogP contribution in [0.3, 0.4) is 0 Å². The lowest BCUT2D eigenvalue weighted by Crippen LogP contribution is -2.04. The third-order valence-corrected chi connectivity index (χ3v) is 4.12. The van der Waals surface area contributed by atoms with Gasteiger partial charge in [0.15, 0.2) is 11.5 Å². The second-order valence-electron chi connectivity index (χ2n) is 5.71. The first-order valence-corrected chi connectivity index (χ1v) is 7.61. The minimum Gasteiger partial charge on any atom is -0.454 e. The summed E-state index contributed by atoms with van der Waals surface area (Å²) in [6.45, 7) is 2.07. The molecule has 6 heteroatoms. The van der Waals surface area contributed by atoms with E-state index in [-0.39, 0.29) is 6.79 Å². The summed E-state index contributed by atoms with van der Waals surface area (Å²) in [5, 5.41) is 0. The zero-order chi connectivity index (χ0) is 17.6. The molecule has 2 heterocycles. The third-order valence-electron chi connectivity index (χ3n) is 4.12. The predicted molar refractivity (Wildman–Crippen MR) is 85.9 cm³/mol. The first-order valence-electron chi connectivity index (χ1n) is 7.61. The molecule has 0 fully saturated rings. The molecule has 0 bridgehead atoms. The molecule has 0 saturated heterocycles. The molecule has 2 aromatic carbocycles. The van der Waals surface area contributed by atoms with Crippen molar-refractivity contribution < 1.29 is 22.6 Å². The number of alkyl halides is 3. The maximum Gasteiger partial charge on any atom is 0.416 e. The van der Waals surface area contributed by atoms with Crippen LogP contribution in [0, 0.1) is 13.0 Å². The highest BCUT2D eigenvalue weighted by Gasteiger charge is 2.30. The lowest BCUT2D eigenvalue weighted by molar-refractivity contribution is -0.137. The molecule has 127 valence electrons. The van der Waals surface area contributed by atoms with Gasteiger partial charge < -0.3 is 14.0 Å². The summed E-state index contributed by atoms with van der Waals surface area (Å²) in [5.41, 5.74) is 2.44. The summed E-state index contributed by atoms with van der Waals surface area (Å²) in [6.07, 6.45) is -4.35. The van der Waals surface area contributed by atoms with Gasteiger partial charge in [-0.05, 0) is 42.8 Å². The summed E-state index contributed by atoms with van der Waals surface area (Å²) in [5.74, 6) is 1.32. The highest BCUT2D eigenvalue weighted by Crippen LogP contribution is 2.36. The lowest BCUT2D eigenvalue weighted by Gasteiger charge is -2.13. The van der Waals surface area contributed by atoms with Gasteiger partial charge in [-0.1, -0.05) is 12.1 Å². The van der Waals surface area contributed by atoms with E-state index in [0.717, 1.165) is 29.2 Å². The summed E-state index contributed by atoms with van der Waals surface area (Å²) in [6, 6.07) is 15.5. The van der Waals surface area contributed by atoms with Crippen molar-refractivity contribution in [3.63, 3.8) is 0 Å². The lowest BCUT2D eigenvalue weighted by atomic mass is 10.1. The van der Waals surface area contributed by atoms with Crippen molar-refractivity contribution in [3.8, 4) is 28.4 Å². The van der Waals surface area contributed by atoms with Gasteiger partial charge in [0.25, 0.3) is 0 Å². The Balaban J connectivity index is 1.78. The molecule has 0 amide bonds. The molecule has 1 aliphatic heterocycles. The fourth-order valence-corrected chi connectivity index (χ4v) is 2.88. The summed E-state index contributed by atoms with van der Waals surface area (Å²) in [4.78, 5) is 0. The molecule has 0 atom stereocenters. The van der Waals surface area contributed by atoms with Gasteiger partial charge in [0.2, 0.25) is 6.79 Å². The number of rotatable bonds is 2. The quantitative estimate of drug-likeness (QED) is 0.653. The Hall–Kier alpha value is -2.89. The number of halogens is 3. The van der Waals surface area contributed by atoms with Gasteiger partial charge in [-0.25, -0.2) is 0 Å². The average molecular weight is 344 g/mol. The van der Waals surface area contributed by atoms with Crippen LogP contribution in [0.2, 0.25) is 0 Å². The molecule has 3 nitrogen and oxygen atoms in total. The molecule has 3 aromatic rings. The Kier molecular flexibility index (Phi) is 3.49. The Morgan fingerprint density at radius 1 is 1.00 bits per heavy atom. The Bertz CT molecular complexity index is 927. The molecule has 4 rings (SSSR count). The van der Waals surface area contributed by atoms with E-state index >= 15 is 0 Å². The van der Waals surface area contributed by atoms with Gasteiger partial charge in [-0.2, -0.15) is 13.2 Å². The van der Waals surface area contributed by atoms with Crippen LogP contribution in [0.1, 0.15) is 11.3 Å². The Labute approximate surface area is 142 Å². The second kappa shape index (κ2) is 5.58. The monoisotopic (exact) mass is 344 g/mol. The molecule has 0 spiro atoms. The molecule has 0 N–H and O–H groups in total. The maximum atomic E-state index is 12.8. The van der Waals surface area contributed by atoms with Crippen LogP contribution in [0.15, 0.2) is 48.5 Å². The van der Waals surface area contributed by atoms with E-state index in [2.05, 4.69) is 6.07 Å². The van der Waals surface area contributed by atoms with Crippen LogP contribution in [0.4, 0.5) is 13.2 Å². The van der Waals surface area contributed by atoms with Crippen LogP contribution < -0.4 is 9.47 Å². The van der Waals surface area contributed by atoms with Crippen molar-refractivity contribution in [1.29, 1.82) is 0 Å². The predicted octanol–water partition coefficient (Wildman–Crippen LogP) is 5.00. The minimum absolute atomic E-state index is 0.182. The van der Waals surface area contributed by atoms with Gasteiger partial charge in [-0.3, -0.25) is 0 Å². The zero-order valence-electron chi connectivity index (χ0n) is 13.2. The van der Waals surface area contributed by atoms with Crippen LogP contribution in [-0.2, 0) is 6.18 Å². The van der Waals surface area contributed by atoms with Crippen molar-refractivity contribution in [2.24, 2.45) is 0 Å². The first kappa shape index (κ1) is 15.6. The number of hydrogen-bond donors (Lipinski definition) is 0. The van der Waals surface area contributed by atoms with Crippen molar-refractivity contribution in [1.82, 2.24) is 4.57 Å². The van der Waals surface area contributed by atoms with E-state index in [1.807, 2.05) is 29.7 Å². The SMILES string of the molecule is Cc1[c]cc(-c2ccc(C(F)(F)F)cc2)n1-c1ccc2c(c1)OCO2. The molecular weight excluding hydrogens is 331 g/mol. The molecule has 0 unspecified atom stereocenters. The van der Waals surface area contributed by atoms with Crippen molar-refractivity contribution in [2.75, 3.05) is 6.79 Å². The smallest absolute Gasteiger partial charge is 0.416 e. The number of benzene rings is 2. The van der Waals surface area contributed by atoms with Gasteiger partial charge in [0.05, 0.1) is 11.3 Å². The fraction of sp³-hybridized carbons (Fsp3) is 0.158. The third kappa shape index (κ3) is 2.73. The molecule has 25 heavy (non-hydrogen) atoms. The maximum absolute atomic E-state index is 12.8. The number of fused-ring (bicyclic) bond motifs is 1. The van der Waals surface area contributed by atoms with E-state index in [4.69, 9.17) is 9.47 Å². The first-order chi connectivity index (χ1) is 11.9. The van der Waals surface area contributed by atoms with Crippen LogP contribution in [-0.4, -0.2) is 11.4 Å². The topological polar surface area (TPSA) is 23.4 Å². The molecule has 1 aliphatic rings. The van der Waals surface area contributed by atoms with Crippen molar-refractivity contribution in [3.05, 3.63) is 65.9 Å². The summed E-state index contributed by atoms with van der Waals surface area (Å²) < 4.78 is 50.9. The van der Waals surface area contributed by atoms with Gasteiger partial charge in [0.1, 0.15) is 0 Å². The van der Waals surface area contributed by atoms with E-state index in [1.165, 1.54) is 12.1 Å². The molecular formula is C19H13F3NO2. The fourth-order valence-electron chi connectivity index (χ4n) is 2.88. The zero-order valence-corrected chi connectivity index (χ0v) is 13.2. The van der Waals surface area contributed by atoms with Gasteiger partial charge in [0, 0.05) is 23.5 Å². The number of ether oxygens (including phenoxy) is 2. The van der Waals surface area contributed by atoms with Crippen LogP contribution in [0.25, 0.3) is 16.9 Å². The van der Waals surface area contributed by atoms with Crippen LogP contribution in [0.5, 0.6) is 11.5 Å². The molecule has 0 saturated carbocycles. The number of aryl methyl sites for hydroxylation is 1. The Morgan fingerprint density at radius 2 is 1.72 bits per heavy atom. The highest BCUT2D eigenvalue weighted by molar-refractivity contribution is 5.65. The molecule has 1 aromatic heterocycles. The van der Waals surface area contributed by atoms with Crippen LogP contribution >= 0.6 is 0 Å². The molecule has 0 aliphatic carbocycles. The Morgan fingerprint density at radius 3 is 2.44 bits per heavy atom. The van der Waals surface area contributed by atoms with Crippen molar-refractivity contribution >= 4 is 0 Å². The highest BCUT2D eigenvalue weighted by atomic mass is 19.4. The minimum atomic E-state index is -4.35. The van der Waals surface area contributed by atoms with Gasteiger partial charge >= 0.3 is 6.18 Å². The number of aromatic nitrogens is 1. The summed E-state index contributed by atoms with van der Waals surface area (Å²) >= 11 is 0. The second-order valence-corrected chi connectivity index (χ2v) is 5.71. The number of nitrogens with zero attached hydrogens (tertiary/aromatic N) is 1. The van der Waals surface area contributed by atoms with E-state index in [1.54, 1.807) is 6.07 Å². The standard InChI is InChI=1S/C19H13F3NO2/c1-12-2-8-16(13-3-5-14(6-4-13)19(20,21)22)23(12)15-7-9-17-18(10-15)25-11-24-17/h3-10H,11H2,1H3. The molecule has 1 radical (unpaired) electrons.